The predicted molar refractivity (Wildman–Crippen MR) is 68.4 cm³/mol. The van der Waals surface area contributed by atoms with Gasteiger partial charge in [0.05, 0.1) is 13.2 Å². The summed E-state index contributed by atoms with van der Waals surface area (Å²) in [5, 5.41) is 4.88. The minimum absolute atomic E-state index is 0.130. The van der Waals surface area contributed by atoms with Crippen molar-refractivity contribution >= 4 is 10.0 Å². The van der Waals surface area contributed by atoms with E-state index in [1.165, 1.54) is 0 Å². The molecule has 0 atom stereocenters. The predicted octanol–water partition coefficient (Wildman–Crippen LogP) is -1.14. The molecular weight excluding hydrogens is 274 g/mol. The molecule has 0 fully saturated rings. The molecule has 0 saturated heterocycles. The van der Waals surface area contributed by atoms with Gasteiger partial charge in [-0.3, -0.25) is 14.3 Å². The van der Waals surface area contributed by atoms with Crippen LogP contribution in [0, 0.1) is 5.92 Å². The van der Waals surface area contributed by atoms with Crippen molar-refractivity contribution in [1.82, 2.24) is 9.55 Å². The van der Waals surface area contributed by atoms with E-state index in [4.69, 9.17) is 9.88 Å². The number of primary sulfonamides is 1. The Balaban J connectivity index is 2.91. The van der Waals surface area contributed by atoms with Crippen LogP contribution in [-0.4, -0.2) is 31.2 Å². The van der Waals surface area contributed by atoms with Gasteiger partial charge in [-0.15, -0.1) is 0 Å². The zero-order chi connectivity index (χ0) is 14.6. The number of sulfonamides is 1. The molecule has 1 aromatic rings. The van der Waals surface area contributed by atoms with Gasteiger partial charge >= 0.3 is 5.69 Å². The van der Waals surface area contributed by atoms with Gasteiger partial charge in [0.1, 0.15) is 0 Å². The first-order valence-corrected chi connectivity index (χ1v) is 7.20. The van der Waals surface area contributed by atoms with E-state index in [2.05, 4.69) is 0 Å². The summed E-state index contributed by atoms with van der Waals surface area (Å²) in [5.41, 5.74) is -1.72. The summed E-state index contributed by atoms with van der Waals surface area (Å²) in [6.45, 7) is 4.84. The van der Waals surface area contributed by atoms with E-state index in [-0.39, 0.29) is 13.2 Å². The van der Waals surface area contributed by atoms with E-state index in [0.717, 1.165) is 10.8 Å². The maximum absolute atomic E-state index is 11.5. The first-order valence-electron chi connectivity index (χ1n) is 5.66. The van der Waals surface area contributed by atoms with Crippen LogP contribution in [0.25, 0.3) is 0 Å². The first-order chi connectivity index (χ1) is 8.71. The van der Waals surface area contributed by atoms with E-state index in [0.29, 0.717) is 12.5 Å². The Morgan fingerprint density at radius 2 is 2.05 bits per heavy atom. The van der Waals surface area contributed by atoms with Crippen molar-refractivity contribution in [2.45, 2.75) is 25.3 Å². The molecule has 0 radical (unpaired) electrons. The Hall–Kier alpha value is -1.45. The second-order valence-corrected chi connectivity index (χ2v) is 5.99. The fourth-order valence-electron chi connectivity index (χ4n) is 1.34. The molecule has 9 heteroatoms. The van der Waals surface area contributed by atoms with E-state index in [9.17, 15) is 18.0 Å². The lowest BCUT2D eigenvalue weighted by Crippen LogP contribution is -2.35. The molecule has 0 aliphatic carbocycles. The normalized spacial score (nSPS) is 12.0. The molecule has 19 heavy (non-hydrogen) atoms. The Kier molecular flexibility index (Phi) is 5.04. The maximum Gasteiger partial charge on any atom is 0.328 e. The van der Waals surface area contributed by atoms with Crippen molar-refractivity contribution in [3.8, 4) is 0 Å². The third kappa shape index (κ3) is 4.62. The van der Waals surface area contributed by atoms with E-state index in [1.807, 2.05) is 18.8 Å². The standard InChI is InChI=1S/C10H17N3O5S/c1-7(2)6-18-4-3-13-5-8(19(11,16)17)9(14)12-10(13)15/h5,7H,3-4,6H2,1-2H3,(H2,11,16,17)(H,12,14,15). The highest BCUT2D eigenvalue weighted by Gasteiger charge is 2.15. The quantitative estimate of drug-likeness (QED) is 0.641. The van der Waals surface area contributed by atoms with Gasteiger partial charge in [-0.25, -0.2) is 18.4 Å². The number of nitrogens with two attached hydrogens (primary N) is 1. The molecule has 1 aromatic heterocycles. The van der Waals surface area contributed by atoms with Crippen LogP contribution in [0.3, 0.4) is 0 Å². The number of nitrogens with one attached hydrogen (secondary N) is 1. The maximum atomic E-state index is 11.5. The fourth-order valence-corrected chi connectivity index (χ4v) is 1.92. The van der Waals surface area contributed by atoms with Crippen molar-refractivity contribution < 1.29 is 13.2 Å². The molecule has 0 amide bonds. The summed E-state index contributed by atoms with van der Waals surface area (Å²) < 4.78 is 28.6. The van der Waals surface area contributed by atoms with Gasteiger partial charge in [0.2, 0.25) is 10.0 Å². The smallest absolute Gasteiger partial charge is 0.328 e. The van der Waals surface area contributed by atoms with Crippen molar-refractivity contribution in [3.05, 3.63) is 27.0 Å². The minimum Gasteiger partial charge on any atom is -0.379 e. The molecule has 108 valence electrons. The number of aromatic amines is 1. The number of ether oxygens (including phenoxy) is 1. The molecule has 0 aliphatic rings. The minimum atomic E-state index is -4.16. The summed E-state index contributed by atoms with van der Waals surface area (Å²) in [6, 6.07) is 0. The number of rotatable bonds is 6. The van der Waals surface area contributed by atoms with Gasteiger partial charge in [-0.2, -0.15) is 0 Å². The highest BCUT2D eigenvalue weighted by molar-refractivity contribution is 7.89. The fraction of sp³-hybridized carbons (Fsp3) is 0.600. The van der Waals surface area contributed by atoms with Gasteiger partial charge in [-0.1, -0.05) is 13.8 Å². The number of nitrogens with zero attached hydrogens (tertiary/aromatic N) is 1. The molecule has 3 N–H and O–H groups in total. The number of H-pyrrole nitrogens is 1. The Bertz CT molecular complexity index is 644. The molecule has 0 spiro atoms. The van der Waals surface area contributed by atoms with Crippen molar-refractivity contribution in [1.29, 1.82) is 0 Å². The van der Waals surface area contributed by atoms with Crippen LogP contribution in [0.5, 0.6) is 0 Å². The van der Waals surface area contributed by atoms with E-state index >= 15 is 0 Å². The molecule has 8 nitrogen and oxygen atoms in total. The highest BCUT2D eigenvalue weighted by Crippen LogP contribution is 1.96. The first kappa shape index (κ1) is 15.6. The molecule has 1 rings (SSSR count). The second-order valence-electron chi connectivity index (χ2n) is 4.46. The third-order valence-corrected chi connectivity index (χ3v) is 3.12. The van der Waals surface area contributed by atoms with Crippen LogP contribution >= 0.6 is 0 Å². The van der Waals surface area contributed by atoms with Crippen LogP contribution in [0.4, 0.5) is 0 Å². The van der Waals surface area contributed by atoms with Crippen LogP contribution in [0.1, 0.15) is 13.8 Å². The van der Waals surface area contributed by atoms with Crippen LogP contribution in [0.15, 0.2) is 20.7 Å². The summed E-state index contributed by atoms with van der Waals surface area (Å²) >= 11 is 0. The van der Waals surface area contributed by atoms with Crippen LogP contribution in [0.2, 0.25) is 0 Å². The molecule has 0 aliphatic heterocycles. The molecule has 0 saturated carbocycles. The SMILES string of the molecule is CC(C)COCCn1cc(S(N)(=O)=O)c(=O)[nH]c1=O. The lowest BCUT2D eigenvalue weighted by atomic mass is 10.2. The monoisotopic (exact) mass is 291 g/mol. The largest absolute Gasteiger partial charge is 0.379 e. The number of hydrogen-bond acceptors (Lipinski definition) is 5. The Morgan fingerprint density at radius 1 is 1.42 bits per heavy atom. The molecule has 0 unspecified atom stereocenters. The summed E-state index contributed by atoms with van der Waals surface area (Å²) in [4.78, 5) is 24.0. The van der Waals surface area contributed by atoms with Crippen molar-refractivity contribution in [3.63, 3.8) is 0 Å². The van der Waals surface area contributed by atoms with Gasteiger partial charge in [-0.05, 0) is 5.92 Å². The summed E-state index contributed by atoms with van der Waals surface area (Å²) in [7, 11) is -4.16. The van der Waals surface area contributed by atoms with Gasteiger partial charge < -0.3 is 4.74 Å². The molecular formula is C10H17N3O5S. The zero-order valence-electron chi connectivity index (χ0n) is 10.8. The van der Waals surface area contributed by atoms with Gasteiger partial charge in [0.25, 0.3) is 5.56 Å². The Morgan fingerprint density at radius 3 is 2.58 bits per heavy atom. The Labute approximate surface area is 110 Å². The highest BCUT2D eigenvalue weighted by atomic mass is 32.2. The van der Waals surface area contributed by atoms with Crippen LogP contribution in [-0.2, 0) is 21.3 Å². The molecule has 0 bridgehead atoms. The van der Waals surface area contributed by atoms with Crippen molar-refractivity contribution in [2.24, 2.45) is 11.1 Å². The third-order valence-electron chi connectivity index (χ3n) is 2.21. The average Bonchev–Trinajstić information content (AvgIpc) is 2.24. The topological polar surface area (TPSA) is 124 Å². The summed E-state index contributed by atoms with van der Waals surface area (Å²) in [5.74, 6) is 0.354. The molecule has 1 heterocycles. The van der Waals surface area contributed by atoms with E-state index < -0.39 is 26.2 Å². The summed E-state index contributed by atoms with van der Waals surface area (Å²) in [6.07, 6.45) is 0.926. The van der Waals surface area contributed by atoms with Crippen molar-refractivity contribution in [2.75, 3.05) is 13.2 Å². The number of aromatic nitrogens is 2. The second kappa shape index (κ2) is 6.13. The molecule has 0 aromatic carbocycles. The van der Waals surface area contributed by atoms with Gasteiger partial charge in [0, 0.05) is 12.8 Å². The van der Waals surface area contributed by atoms with Crippen LogP contribution < -0.4 is 16.4 Å². The lowest BCUT2D eigenvalue weighted by molar-refractivity contribution is 0.102. The van der Waals surface area contributed by atoms with Gasteiger partial charge in [0.15, 0.2) is 4.90 Å². The number of hydrogen-bond donors (Lipinski definition) is 2. The zero-order valence-corrected chi connectivity index (χ0v) is 11.6. The average molecular weight is 291 g/mol. The lowest BCUT2D eigenvalue weighted by Gasteiger charge is -2.09. The van der Waals surface area contributed by atoms with E-state index in [1.54, 1.807) is 0 Å².